The monoisotopic (exact) mass is 271 g/mol. The Morgan fingerprint density at radius 2 is 1.70 bits per heavy atom. The van der Waals surface area contributed by atoms with Crippen molar-refractivity contribution in [1.29, 1.82) is 0 Å². The summed E-state index contributed by atoms with van der Waals surface area (Å²) in [5, 5.41) is 12.2. The van der Waals surface area contributed by atoms with Crippen molar-refractivity contribution in [1.82, 2.24) is 0 Å². The van der Waals surface area contributed by atoms with Gasteiger partial charge >= 0.3 is 0 Å². The molecule has 4 nitrogen and oxygen atoms in total. The van der Waals surface area contributed by atoms with Crippen LogP contribution >= 0.6 is 0 Å². The summed E-state index contributed by atoms with van der Waals surface area (Å²) in [5.41, 5.74) is 2.06. The van der Waals surface area contributed by atoms with Crippen molar-refractivity contribution in [3.05, 3.63) is 59.7 Å². The van der Waals surface area contributed by atoms with Gasteiger partial charge < -0.3 is 15.2 Å². The number of anilines is 1. The van der Waals surface area contributed by atoms with Crippen LogP contribution in [0.4, 0.5) is 5.69 Å². The predicted molar refractivity (Wildman–Crippen MR) is 78.0 cm³/mol. The number of hydrogen-bond donors (Lipinski definition) is 2. The van der Waals surface area contributed by atoms with E-state index in [-0.39, 0.29) is 5.91 Å². The van der Waals surface area contributed by atoms with Crippen LogP contribution in [0, 0.1) is 0 Å². The zero-order valence-electron chi connectivity index (χ0n) is 11.5. The van der Waals surface area contributed by atoms with Crippen LogP contribution in [0.3, 0.4) is 0 Å². The lowest BCUT2D eigenvalue weighted by Crippen LogP contribution is -2.11. The molecule has 4 heteroatoms. The maximum atomic E-state index is 12.0. The molecule has 0 aromatic heterocycles. The Labute approximate surface area is 118 Å². The van der Waals surface area contributed by atoms with Crippen LogP contribution in [0.1, 0.15) is 28.9 Å². The molecule has 104 valence electrons. The number of nitrogens with one attached hydrogen (secondary N) is 1. The summed E-state index contributed by atoms with van der Waals surface area (Å²) in [5.74, 6) is 0.528. The Kier molecular flexibility index (Phi) is 4.38. The lowest BCUT2D eigenvalue weighted by molar-refractivity contribution is 0.102. The van der Waals surface area contributed by atoms with Gasteiger partial charge in [0.05, 0.1) is 13.2 Å². The minimum atomic E-state index is -0.513. The number of hydrogen-bond acceptors (Lipinski definition) is 3. The molecule has 0 bridgehead atoms. The minimum absolute atomic E-state index is 0.183. The molecule has 20 heavy (non-hydrogen) atoms. The normalized spacial score (nSPS) is 11.8. The molecule has 2 aromatic rings. The van der Waals surface area contributed by atoms with Crippen LogP contribution in [0.25, 0.3) is 0 Å². The van der Waals surface area contributed by atoms with E-state index in [1.54, 1.807) is 62.6 Å². The van der Waals surface area contributed by atoms with E-state index >= 15 is 0 Å². The standard InChI is InChI=1S/C16H17NO3/c1-11(18)12-3-7-14(8-4-12)17-16(19)13-5-9-15(20-2)10-6-13/h3-11,18H,1-2H3,(H,17,19)/t11-/m0/s1. The van der Waals surface area contributed by atoms with E-state index in [4.69, 9.17) is 4.74 Å². The van der Waals surface area contributed by atoms with Gasteiger partial charge in [0, 0.05) is 11.3 Å². The van der Waals surface area contributed by atoms with Crippen LogP contribution in [0.5, 0.6) is 5.75 Å². The van der Waals surface area contributed by atoms with E-state index in [9.17, 15) is 9.90 Å². The SMILES string of the molecule is COc1ccc(C(=O)Nc2ccc([C@H](C)O)cc2)cc1. The topological polar surface area (TPSA) is 58.6 Å². The fraction of sp³-hybridized carbons (Fsp3) is 0.188. The van der Waals surface area contributed by atoms with Crippen molar-refractivity contribution in [2.24, 2.45) is 0 Å². The molecule has 2 rings (SSSR count). The molecule has 0 aliphatic rings. The summed E-state index contributed by atoms with van der Waals surface area (Å²) in [6.07, 6.45) is -0.513. The van der Waals surface area contributed by atoms with Gasteiger partial charge in [-0.2, -0.15) is 0 Å². The molecule has 1 atom stereocenters. The van der Waals surface area contributed by atoms with Gasteiger partial charge in [0.15, 0.2) is 0 Å². The van der Waals surface area contributed by atoms with Crippen molar-refractivity contribution in [2.75, 3.05) is 12.4 Å². The van der Waals surface area contributed by atoms with Gasteiger partial charge in [-0.25, -0.2) is 0 Å². The third-order valence-electron chi connectivity index (χ3n) is 3.00. The molecule has 0 radical (unpaired) electrons. The molecule has 2 N–H and O–H groups in total. The number of methoxy groups -OCH3 is 1. The van der Waals surface area contributed by atoms with E-state index in [0.29, 0.717) is 17.0 Å². The summed E-state index contributed by atoms with van der Waals surface area (Å²) >= 11 is 0. The van der Waals surface area contributed by atoms with E-state index in [1.807, 2.05) is 0 Å². The van der Waals surface area contributed by atoms with Gasteiger partial charge in [0.2, 0.25) is 0 Å². The zero-order valence-corrected chi connectivity index (χ0v) is 11.5. The highest BCUT2D eigenvalue weighted by molar-refractivity contribution is 6.04. The zero-order chi connectivity index (χ0) is 14.5. The third-order valence-corrected chi connectivity index (χ3v) is 3.00. The largest absolute Gasteiger partial charge is 0.497 e. The highest BCUT2D eigenvalue weighted by Crippen LogP contribution is 2.17. The average molecular weight is 271 g/mol. The second-order valence-corrected chi connectivity index (χ2v) is 4.48. The van der Waals surface area contributed by atoms with Gasteiger partial charge in [-0.05, 0) is 48.9 Å². The van der Waals surface area contributed by atoms with Gasteiger partial charge in [0.1, 0.15) is 5.75 Å². The lowest BCUT2D eigenvalue weighted by Gasteiger charge is -2.08. The predicted octanol–water partition coefficient (Wildman–Crippen LogP) is 3.00. The van der Waals surface area contributed by atoms with Crippen molar-refractivity contribution in [3.8, 4) is 5.75 Å². The first-order chi connectivity index (χ1) is 9.60. The number of rotatable bonds is 4. The first-order valence-corrected chi connectivity index (χ1v) is 6.33. The fourth-order valence-corrected chi connectivity index (χ4v) is 1.79. The number of ether oxygens (including phenoxy) is 1. The van der Waals surface area contributed by atoms with E-state index in [2.05, 4.69) is 5.32 Å². The second-order valence-electron chi connectivity index (χ2n) is 4.48. The molecule has 1 amide bonds. The number of benzene rings is 2. The van der Waals surface area contributed by atoms with Crippen LogP contribution in [0.2, 0.25) is 0 Å². The van der Waals surface area contributed by atoms with E-state index in [0.717, 1.165) is 5.56 Å². The Bertz CT molecular complexity index is 574. The molecule has 0 aliphatic carbocycles. The first-order valence-electron chi connectivity index (χ1n) is 6.33. The van der Waals surface area contributed by atoms with Crippen LogP contribution in [-0.2, 0) is 0 Å². The summed E-state index contributed by atoms with van der Waals surface area (Å²) in [6, 6.07) is 14.0. The van der Waals surface area contributed by atoms with E-state index in [1.165, 1.54) is 0 Å². The lowest BCUT2D eigenvalue weighted by atomic mass is 10.1. The number of amides is 1. The molecular weight excluding hydrogens is 254 g/mol. The minimum Gasteiger partial charge on any atom is -0.497 e. The Morgan fingerprint density at radius 1 is 1.10 bits per heavy atom. The molecule has 0 saturated heterocycles. The third kappa shape index (κ3) is 3.36. The summed E-state index contributed by atoms with van der Waals surface area (Å²) in [6.45, 7) is 1.70. The summed E-state index contributed by atoms with van der Waals surface area (Å²) in [4.78, 5) is 12.0. The maximum absolute atomic E-state index is 12.0. The number of carbonyl (C=O) groups excluding carboxylic acids is 1. The molecule has 0 heterocycles. The average Bonchev–Trinajstić information content (AvgIpc) is 2.48. The molecule has 0 unspecified atom stereocenters. The van der Waals surface area contributed by atoms with Crippen LogP contribution in [-0.4, -0.2) is 18.1 Å². The molecule has 0 aliphatic heterocycles. The second kappa shape index (κ2) is 6.21. The highest BCUT2D eigenvalue weighted by atomic mass is 16.5. The molecule has 0 spiro atoms. The summed E-state index contributed by atoms with van der Waals surface area (Å²) < 4.78 is 5.05. The van der Waals surface area contributed by atoms with Crippen molar-refractivity contribution < 1.29 is 14.6 Å². The van der Waals surface area contributed by atoms with Gasteiger partial charge in [0.25, 0.3) is 5.91 Å². The van der Waals surface area contributed by atoms with Crippen LogP contribution < -0.4 is 10.1 Å². The number of aliphatic hydroxyl groups excluding tert-OH is 1. The maximum Gasteiger partial charge on any atom is 0.255 e. The number of carbonyl (C=O) groups is 1. The van der Waals surface area contributed by atoms with E-state index < -0.39 is 6.10 Å². The fourth-order valence-electron chi connectivity index (χ4n) is 1.79. The number of aliphatic hydroxyl groups is 1. The van der Waals surface area contributed by atoms with Gasteiger partial charge in [-0.1, -0.05) is 12.1 Å². The van der Waals surface area contributed by atoms with Crippen molar-refractivity contribution in [3.63, 3.8) is 0 Å². The van der Waals surface area contributed by atoms with Crippen molar-refractivity contribution >= 4 is 11.6 Å². The quantitative estimate of drug-likeness (QED) is 0.898. The molecule has 0 fully saturated rings. The Balaban J connectivity index is 2.06. The molecule has 2 aromatic carbocycles. The highest BCUT2D eigenvalue weighted by Gasteiger charge is 2.07. The first kappa shape index (κ1) is 14.1. The Morgan fingerprint density at radius 3 is 2.20 bits per heavy atom. The smallest absolute Gasteiger partial charge is 0.255 e. The molecular formula is C16H17NO3. The van der Waals surface area contributed by atoms with Gasteiger partial charge in [-0.15, -0.1) is 0 Å². The van der Waals surface area contributed by atoms with Gasteiger partial charge in [-0.3, -0.25) is 4.79 Å². The summed E-state index contributed by atoms with van der Waals surface area (Å²) in [7, 11) is 1.58. The van der Waals surface area contributed by atoms with Crippen LogP contribution in [0.15, 0.2) is 48.5 Å². The molecule has 0 saturated carbocycles. The Hall–Kier alpha value is -2.33. The van der Waals surface area contributed by atoms with Crippen molar-refractivity contribution in [2.45, 2.75) is 13.0 Å².